The van der Waals surface area contributed by atoms with Crippen molar-refractivity contribution in [3.05, 3.63) is 72.4 Å². The minimum atomic E-state index is -0.195. The molecule has 6 nitrogen and oxygen atoms in total. The van der Waals surface area contributed by atoms with Gasteiger partial charge in [0.2, 0.25) is 0 Å². The third-order valence-corrected chi connectivity index (χ3v) is 4.64. The molecule has 0 atom stereocenters. The van der Waals surface area contributed by atoms with E-state index >= 15 is 0 Å². The zero-order valence-corrected chi connectivity index (χ0v) is 16.5. The van der Waals surface area contributed by atoms with Crippen LogP contribution in [0, 0.1) is 0 Å². The molecule has 29 heavy (non-hydrogen) atoms. The van der Waals surface area contributed by atoms with Gasteiger partial charge in [-0.05, 0) is 37.1 Å². The Hall–Kier alpha value is -3.41. The smallest absolute Gasteiger partial charge is 0.305 e. The SMILES string of the molecule is COC(=O)CCCCCNC(=O)c1cccc(-n2nccc2-c2ccccc2)c1. The lowest BCUT2D eigenvalue weighted by Crippen LogP contribution is -2.24. The first-order valence-electron chi connectivity index (χ1n) is 9.74. The van der Waals surface area contributed by atoms with Crippen LogP contribution in [-0.4, -0.2) is 35.3 Å². The van der Waals surface area contributed by atoms with Crippen LogP contribution in [0.2, 0.25) is 0 Å². The Morgan fingerprint density at radius 3 is 2.62 bits per heavy atom. The van der Waals surface area contributed by atoms with Gasteiger partial charge in [-0.15, -0.1) is 0 Å². The van der Waals surface area contributed by atoms with E-state index in [1.165, 1.54) is 7.11 Å². The Morgan fingerprint density at radius 1 is 1.00 bits per heavy atom. The molecule has 0 aliphatic heterocycles. The number of nitrogens with one attached hydrogen (secondary N) is 1. The van der Waals surface area contributed by atoms with Gasteiger partial charge in [-0.3, -0.25) is 9.59 Å². The van der Waals surface area contributed by atoms with Crippen molar-refractivity contribution >= 4 is 11.9 Å². The van der Waals surface area contributed by atoms with Gasteiger partial charge in [0.05, 0.1) is 24.7 Å². The molecule has 150 valence electrons. The molecule has 0 saturated heterocycles. The molecule has 2 aromatic carbocycles. The molecule has 3 aromatic rings. The van der Waals surface area contributed by atoms with E-state index in [9.17, 15) is 9.59 Å². The third-order valence-electron chi connectivity index (χ3n) is 4.64. The summed E-state index contributed by atoms with van der Waals surface area (Å²) in [6.07, 6.45) is 4.62. The highest BCUT2D eigenvalue weighted by Gasteiger charge is 2.10. The number of ether oxygens (including phenoxy) is 1. The second-order valence-electron chi connectivity index (χ2n) is 6.69. The van der Waals surface area contributed by atoms with Gasteiger partial charge in [0.1, 0.15) is 0 Å². The number of esters is 1. The molecule has 0 radical (unpaired) electrons. The number of hydrogen-bond acceptors (Lipinski definition) is 4. The quantitative estimate of drug-likeness (QED) is 0.442. The summed E-state index contributed by atoms with van der Waals surface area (Å²) in [5.74, 6) is -0.312. The molecular weight excluding hydrogens is 366 g/mol. The zero-order chi connectivity index (χ0) is 20.5. The van der Waals surface area contributed by atoms with Crippen molar-refractivity contribution in [3.8, 4) is 16.9 Å². The van der Waals surface area contributed by atoms with Crippen LogP contribution in [0.4, 0.5) is 0 Å². The van der Waals surface area contributed by atoms with E-state index in [1.54, 1.807) is 12.3 Å². The second kappa shape index (κ2) is 10.2. The predicted molar refractivity (Wildman–Crippen MR) is 112 cm³/mol. The fourth-order valence-electron chi connectivity index (χ4n) is 3.09. The van der Waals surface area contributed by atoms with E-state index in [0.29, 0.717) is 18.5 Å². The van der Waals surface area contributed by atoms with Crippen molar-refractivity contribution < 1.29 is 14.3 Å². The fraction of sp³-hybridized carbons (Fsp3) is 0.261. The standard InChI is InChI=1S/C23H25N3O3/c1-29-22(27)13-6-3-7-15-24-23(28)19-11-8-12-20(17-19)26-21(14-16-25-26)18-9-4-2-5-10-18/h2,4-5,8-12,14,16-17H,3,6-7,13,15H2,1H3,(H,24,28). The van der Waals surface area contributed by atoms with Crippen molar-refractivity contribution in [3.63, 3.8) is 0 Å². The normalized spacial score (nSPS) is 10.5. The molecule has 1 N–H and O–H groups in total. The summed E-state index contributed by atoms with van der Waals surface area (Å²) in [5, 5.41) is 7.36. The summed E-state index contributed by atoms with van der Waals surface area (Å²) in [4.78, 5) is 23.6. The van der Waals surface area contributed by atoms with Crippen molar-refractivity contribution in [2.45, 2.75) is 25.7 Å². The number of aromatic nitrogens is 2. The largest absolute Gasteiger partial charge is 0.469 e. The summed E-state index contributed by atoms with van der Waals surface area (Å²) in [7, 11) is 1.39. The van der Waals surface area contributed by atoms with Crippen molar-refractivity contribution in [2.75, 3.05) is 13.7 Å². The van der Waals surface area contributed by atoms with E-state index in [4.69, 9.17) is 0 Å². The topological polar surface area (TPSA) is 73.2 Å². The molecule has 0 spiro atoms. The Balaban J connectivity index is 1.60. The van der Waals surface area contributed by atoms with Crippen LogP contribution < -0.4 is 5.32 Å². The molecule has 0 aliphatic rings. The minimum Gasteiger partial charge on any atom is -0.469 e. The maximum Gasteiger partial charge on any atom is 0.305 e. The molecule has 6 heteroatoms. The first-order valence-corrected chi connectivity index (χ1v) is 9.74. The summed E-state index contributed by atoms with van der Waals surface area (Å²) in [6, 6.07) is 19.4. The van der Waals surface area contributed by atoms with E-state index in [1.807, 2.05) is 59.3 Å². The molecule has 1 heterocycles. The van der Waals surface area contributed by atoms with Crippen LogP contribution >= 0.6 is 0 Å². The number of methoxy groups -OCH3 is 1. The van der Waals surface area contributed by atoms with Crippen LogP contribution in [0.3, 0.4) is 0 Å². The maximum absolute atomic E-state index is 12.5. The lowest BCUT2D eigenvalue weighted by Gasteiger charge is -2.10. The zero-order valence-electron chi connectivity index (χ0n) is 16.5. The molecule has 0 saturated carbocycles. The van der Waals surface area contributed by atoms with E-state index in [0.717, 1.165) is 36.2 Å². The lowest BCUT2D eigenvalue weighted by molar-refractivity contribution is -0.140. The second-order valence-corrected chi connectivity index (χ2v) is 6.69. The predicted octanol–water partition coefficient (Wildman–Crippen LogP) is 4.00. The van der Waals surface area contributed by atoms with Crippen molar-refractivity contribution in [1.29, 1.82) is 0 Å². The molecule has 0 aliphatic carbocycles. The first kappa shape index (κ1) is 20.3. The molecule has 1 aromatic heterocycles. The average Bonchev–Trinajstić information content (AvgIpc) is 3.26. The van der Waals surface area contributed by atoms with Gasteiger partial charge in [0.25, 0.3) is 5.91 Å². The number of amides is 1. The average molecular weight is 391 g/mol. The number of carbonyl (C=O) groups excluding carboxylic acids is 2. The van der Waals surface area contributed by atoms with Crippen LogP contribution in [0.1, 0.15) is 36.0 Å². The molecule has 0 bridgehead atoms. The number of rotatable bonds is 9. The first-order chi connectivity index (χ1) is 14.2. The third kappa shape index (κ3) is 5.54. The van der Waals surface area contributed by atoms with Crippen LogP contribution in [0.25, 0.3) is 16.9 Å². The summed E-state index contributed by atoms with van der Waals surface area (Å²) in [6.45, 7) is 0.571. The molecule has 0 fully saturated rings. The van der Waals surface area contributed by atoms with Crippen molar-refractivity contribution in [1.82, 2.24) is 15.1 Å². The highest BCUT2D eigenvalue weighted by atomic mass is 16.5. The van der Waals surface area contributed by atoms with Gasteiger partial charge in [-0.1, -0.05) is 42.8 Å². The van der Waals surface area contributed by atoms with Crippen LogP contribution in [-0.2, 0) is 9.53 Å². The Kier molecular flexibility index (Phi) is 7.16. The van der Waals surface area contributed by atoms with Gasteiger partial charge in [0, 0.05) is 24.1 Å². The highest BCUT2D eigenvalue weighted by molar-refractivity contribution is 5.94. The molecule has 0 unspecified atom stereocenters. The van der Waals surface area contributed by atoms with E-state index in [-0.39, 0.29) is 11.9 Å². The highest BCUT2D eigenvalue weighted by Crippen LogP contribution is 2.22. The number of hydrogen-bond donors (Lipinski definition) is 1. The van der Waals surface area contributed by atoms with Gasteiger partial charge in [0.15, 0.2) is 0 Å². The van der Waals surface area contributed by atoms with Crippen molar-refractivity contribution in [2.24, 2.45) is 0 Å². The van der Waals surface area contributed by atoms with E-state index in [2.05, 4.69) is 15.2 Å². The number of benzene rings is 2. The number of unbranched alkanes of at least 4 members (excludes halogenated alkanes) is 2. The molecular formula is C23H25N3O3. The van der Waals surface area contributed by atoms with Crippen LogP contribution in [0.5, 0.6) is 0 Å². The monoisotopic (exact) mass is 391 g/mol. The van der Waals surface area contributed by atoms with Gasteiger partial charge < -0.3 is 10.1 Å². The number of carbonyl (C=O) groups is 2. The fourth-order valence-corrected chi connectivity index (χ4v) is 3.09. The summed E-state index contributed by atoms with van der Waals surface area (Å²) < 4.78 is 6.45. The minimum absolute atomic E-state index is 0.117. The Labute approximate surface area is 170 Å². The number of nitrogens with zero attached hydrogens (tertiary/aromatic N) is 2. The Bertz CT molecular complexity index is 951. The van der Waals surface area contributed by atoms with E-state index < -0.39 is 0 Å². The molecule has 1 amide bonds. The van der Waals surface area contributed by atoms with Gasteiger partial charge in [-0.2, -0.15) is 5.10 Å². The maximum atomic E-state index is 12.5. The summed E-state index contributed by atoms with van der Waals surface area (Å²) in [5.41, 5.74) is 3.45. The Morgan fingerprint density at radius 2 is 1.83 bits per heavy atom. The van der Waals surface area contributed by atoms with Gasteiger partial charge in [-0.25, -0.2) is 4.68 Å². The molecule has 3 rings (SSSR count). The van der Waals surface area contributed by atoms with Gasteiger partial charge >= 0.3 is 5.97 Å². The van der Waals surface area contributed by atoms with Crippen LogP contribution in [0.15, 0.2) is 66.9 Å². The lowest BCUT2D eigenvalue weighted by atomic mass is 10.1. The summed E-state index contributed by atoms with van der Waals surface area (Å²) >= 11 is 0.